The van der Waals surface area contributed by atoms with Crippen LogP contribution in [0.4, 0.5) is 4.39 Å². The molecule has 3 aromatic rings. The largest absolute Gasteiger partial charge is 0.310 e. The number of aromatic nitrogens is 3. The number of halogens is 1. The van der Waals surface area contributed by atoms with E-state index in [1.54, 1.807) is 31.3 Å². The molecule has 0 bridgehead atoms. The van der Waals surface area contributed by atoms with Crippen LogP contribution in [0.3, 0.4) is 0 Å². The molecule has 0 saturated carbocycles. The molecule has 1 aliphatic rings. The molecule has 0 aliphatic carbocycles. The van der Waals surface area contributed by atoms with Crippen molar-refractivity contribution in [3.05, 3.63) is 76.2 Å². The summed E-state index contributed by atoms with van der Waals surface area (Å²) in [5.74, 6) is -0.289. The molecule has 0 amide bonds. The fourth-order valence-corrected chi connectivity index (χ4v) is 5.23. The van der Waals surface area contributed by atoms with Crippen LogP contribution in [0.5, 0.6) is 0 Å². The number of benzene rings is 1. The first kappa shape index (κ1) is 19.4. The van der Waals surface area contributed by atoms with Crippen LogP contribution in [0.2, 0.25) is 0 Å². The number of pyridine rings is 1. The van der Waals surface area contributed by atoms with Crippen molar-refractivity contribution < 1.29 is 12.8 Å². The molecule has 0 spiro atoms. The van der Waals surface area contributed by atoms with Gasteiger partial charge in [0.2, 0.25) is 10.0 Å². The van der Waals surface area contributed by atoms with Crippen LogP contribution < -0.4 is 5.56 Å². The molecular weight excluding hydrogens is 395 g/mol. The van der Waals surface area contributed by atoms with Gasteiger partial charge in [-0.3, -0.25) is 9.78 Å². The van der Waals surface area contributed by atoms with Gasteiger partial charge >= 0.3 is 0 Å². The summed E-state index contributed by atoms with van der Waals surface area (Å²) in [6.45, 7) is 2.05. The van der Waals surface area contributed by atoms with E-state index < -0.39 is 15.8 Å². The number of aryl methyl sites for hydroxylation is 1. The summed E-state index contributed by atoms with van der Waals surface area (Å²) in [7, 11) is -3.76. The molecule has 1 aromatic carbocycles. The minimum absolute atomic E-state index is 0.0863. The number of nitrogens with one attached hydrogen (secondary N) is 1. The molecule has 1 saturated heterocycles. The molecule has 1 aliphatic heterocycles. The van der Waals surface area contributed by atoms with Crippen molar-refractivity contribution in [2.24, 2.45) is 0 Å². The Morgan fingerprint density at radius 1 is 1.17 bits per heavy atom. The van der Waals surface area contributed by atoms with Crippen LogP contribution in [-0.2, 0) is 10.0 Å². The van der Waals surface area contributed by atoms with Crippen molar-refractivity contribution >= 4 is 10.0 Å². The Hall–Kier alpha value is -2.91. The second kappa shape index (κ2) is 7.49. The zero-order valence-corrected chi connectivity index (χ0v) is 16.5. The number of rotatable bonds is 4. The van der Waals surface area contributed by atoms with Gasteiger partial charge in [-0.25, -0.2) is 17.8 Å². The average molecular weight is 414 g/mol. The van der Waals surface area contributed by atoms with Gasteiger partial charge < -0.3 is 4.98 Å². The Labute approximate surface area is 167 Å². The van der Waals surface area contributed by atoms with Crippen LogP contribution in [0.15, 0.2) is 58.4 Å². The monoisotopic (exact) mass is 414 g/mol. The van der Waals surface area contributed by atoms with Gasteiger partial charge in [0.25, 0.3) is 5.56 Å². The first-order chi connectivity index (χ1) is 13.8. The summed E-state index contributed by atoms with van der Waals surface area (Å²) in [6, 6.07) is 10.3. The lowest BCUT2D eigenvalue weighted by Crippen LogP contribution is -2.29. The minimum atomic E-state index is -3.76. The molecule has 1 atom stereocenters. The summed E-state index contributed by atoms with van der Waals surface area (Å²) < 4.78 is 40.7. The van der Waals surface area contributed by atoms with Gasteiger partial charge in [-0.2, -0.15) is 4.31 Å². The van der Waals surface area contributed by atoms with Crippen molar-refractivity contribution in [3.8, 4) is 11.4 Å². The lowest BCUT2D eigenvalue weighted by molar-refractivity contribution is 0.470. The van der Waals surface area contributed by atoms with E-state index in [1.165, 1.54) is 22.5 Å². The van der Waals surface area contributed by atoms with Gasteiger partial charge in [-0.15, -0.1) is 0 Å². The summed E-state index contributed by atoms with van der Waals surface area (Å²) in [5, 5.41) is 0. The van der Waals surface area contributed by atoms with Gasteiger partial charge in [0.15, 0.2) is 0 Å². The van der Waals surface area contributed by atoms with Gasteiger partial charge in [0.1, 0.15) is 11.6 Å². The quantitative estimate of drug-likeness (QED) is 0.708. The van der Waals surface area contributed by atoms with E-state index in [0.29, 0.717) is 35.7 Å². The zero-order chi connectivity index (χ0) is 20.6. The zero-order valence-electron chi connectivity index (χ0n) is 15.7. The first-order valence-electron chi connectivity index (χ1n) is 9.13. The highest BCUT2D eigenvalue weighted by Gasteiger charge is 2.35. The molecule has 1 fully saturated rings. The standard InChI is InChI=1S/C20H19FN4O3S/c1-13-10-15(21)5-6-18(13)29(27,28)25-9-7-14(12-25)20-23-17(11-19(26)24-20)16-4-2-3-8-22-16/h2-6,8,10-11,14H,7,9,12H2,1H3,(H,23,24,26)/t14-/m1/s1. The topological polar surface area (TPSA) is 96.0 Å². The lowest BCUT2D eigenvalue weighted by Gasteiger charge is -2.18. The summed E-state index contributed by atoms with van der Waals surface area (Å²) in [6.07, 6.45) is 2.14. The predicted octanol–water partition coefficient (Wildman–Crippen LogP) is 2.46. The van der Waals surface area contributed by atoms with Crippen LogP contribution in [0.1, 0.15) is 23.7 Å². The predicted molar refractivity (Wildman–Crippen MR) is 105 cm³/mol. The molecule has 1 N–H and O–H groups in total. The van der Waals surface area contributed by atoms with Crippen LogP contribution in [-0.4, -0.2) is 40.8 Å². The maximum atomic E-state index is 13.4. The smallest absolute Gasteiger partial charge is 0.251 e. The van der Waals surface area contributed by atoms with Gasteiger partial charge in [-0.1, -0.05) is 6.07 Å². The third-order valence-corrected chi connectivity index (χ3v) is 7.01. The van der Waals surface area contributed by atoms with Gasteiger partial charge in [0, 0.05) is 31.3 Å². The Morgan fingerprint density at radius 2 is 2.00 bits per heavy atom. The molecular formula is C20H19FN4O3S. The number of sulfonamides is 1. The SMILES string of the molecule is Cc1cc(F)ccc1S(=O)(=O)N1CC[C@@H](c2nc(-c3ccccn3)cc(=O)[nH]2)C1. The summed E-state index contributed by atoms with van der Waals surface area (Å²) >= 11 is 0. The maximum absolute atomic E-state index is 13.4. The molecule has 7 nitrogen and oxygen atoms in total. The van der Waals surface area contributed by atoms with E-state index in [2.05, 4.69) is 15.0 Å². The molecule has 3 heterocycles. The van der Waals surface area contributed by atoms with Crippen molar-refractivity contribution in [1.82, 2.24) is 19.3 Å². The summed E-state index contributed by atoms with van der Waals surface area (Å²) in [5.41, 5.74) is 1.06. The fraction of sp³-hybridized carbons (Fsp3) is 0.250. The molecule has 2 aromatic heterocycles. The molecule has 0 radical (unpaired) electrons. The van der Waals surface area contributed by atoms with Crippen molar-refractivity contribution in [2.45, 2.75) is 24.2 Å². The normalized spacial score (nSPS) is 17.5. The molecule has 29 heavy (non-hydrogen) atoms. The Balaban J connectivity index is 1.62. The van der Waals surface area contributed by atoms with E-state index >= 15 is 0 Å². The van der Waals surface area contributed by atoms with Gasteiger partial charge in [0.05, 0.1) is 16.3 Å². The fourth-order valence-electron chi connectivity index (χ4n) is 3.53. The van der Waals surface area contributed by atoms with E-state index in [1.807, 2.05) is 0 Å². The lowest BCUT2D eigenvalue weighted by atomic mass is 10.1. The average Bonchev–Trinajstić information content (AvgIpc) is 3.19. The Kier molecular flexibility index (Phi) is 5.01. The third-order valence-electron chi connectivity index (χ3n) is 4.98. The first-order valence-corrected chi connectivity index (χ1v) is 10.6. The summed E-state index contributed by atoms with van der Waals surface area (Å²) in [4.78, 5) is 23.7. The highest BCUT2D eigenvalue weighted by Crippen LogP contribution is 2.31. The molecule has 150 valence electrons. The highest BCUT2D eigenvalue weighted by atomic mass is 32.2. The number of H-pyrrole nitrogens is 1. The van der Waals surface area contributed by atoms with Crippen LogP contribution >= 0.6 is 0 Å². The van der Waals surface area contributed by atoms with Crippen molar-refractivity contribution in [1.29, 1.82) is 0 Å². The molecule has 9 heteroatoms. The van der Waals surface area contributed by atoms with Crippen LogP contribution in [0.25, 0.3) is 11.4 Å². The van der Waals surface area contributed by atoms with Crippen molar-refractivity contribution in [2.75, 3.05) is 13.1 Å². The third kappa shape index (κ3) is 3.83. The van der Waals surface area contributed by atoms with E-state index in [9.17, 15) is 17.6 Å². The second-order valence-electron chi connectivity index (χ2n) is 6.99. The van der Waals surface area contributed by atoms with Crippen molar-refractivity contribution in [3.63, 3.8) is 0 Å². The molecule has 0 unspecified atom stereocenters. The van der Waals surface area contributed by atoms with Crippen LogP contribution in [0, 0.1) is 12.7 Å². The molecule has 4 rings (SSSR count). The maximum Gasteiger partial charge on any atom is 0.251 e. The minimum Gasteiger partial charge on any atom is -0.310 e. The van der Waals surface area contributed by atoms with Gasteiger partial charge in [-0.05, 0) is 49.2 Å². The van der Waals surface area contributed by atoms with E-state index in [-0.39, 0.29) is 22.9 Å². The van der Waals surface area contributed by atoms with E-state index in [0.717, 1.165) is 6.07 Å². The number of hydrogen-bond acceptors (Lipinski definition) is 5. The number of nitrogens with zero attached hydrogens (tertiary/aromatic N) is 3. The van der Waals surface area contributed by atoms with E-state index in [4.69, 9.17) is 0 Å². The number of hydrogen-bond donors (Lipinski definition) is 1. The number of aromatic amines is 1. The second-order valence-corrected chi connectivity index (χ2v) is 8.90. The highest BCUT2D eigenvalue weighted by molar-refractivity contribution is 7.89. The Bertz CT molecular complexity index is 1210. The Morgan fingerprint density at radius 3 is 2.72 bits per heavy atom.